The van der Waals surface area contributed by atoms with Gasteiger partial charge in [-0.05, 0) is 18.2 Å². The Hall–Kier alpha value is -2.04. The molecule has 0 saturated heterocycles. The first kappa shape index (κ1) is 11.4. The summed E-state index contributed by atoms with van der Waals surface area (Å²) in [7, 11) is 0. The van der Waals surface area contributed by atoms with Gasteiger partial charge in [0, 0.05) is 22.4 Å². The molecule has 0 atom stereocenters. The average molecular weight is 232 g/mol. The molecular formula is C12H16N4O. The minimum Gasteiger partial charge on any atom is -0.399 e. The monoisotopic (exact) mass is 232 g/mol. The summed E-state index contributed by atoms with van der Waals surface area (Å²) < 4.78 is 5.21. The van der Waals surface area contributed by atoms with E-state index in [0.717, 1.165) is 5.56 Å². The average Bonchev–Trinajstić information content (AvgIpc) is 2.63. The Bertz CT molecular complexity index is 519. The Morgan fingerprint density at radius 2 is 1.65 bits per heavy atom. The summed E-state index contributed by atoms with van der Waals surface area (Å²) >= 11 is 0. The highest BCUT2D eigenvalue weighted by Crippen LogP contribution is 2.26. The highest BCUT2D eigenvalue weighted by molar-refractivity contribution is 5.67. The Kier molecular flexibility index (Phi) is 2.53. The highest BCUT2D eigenvalue weighted by Gasteiger charge is 2.21. The summed E-state index contributed by atoms with van der Waals surface area (Å²) in [5, 5.41) is 3.96. The molecule has 4 N–H and O–H groups in total. The topological polar surface area (TPSA) is 91.0 Å². The van der Waals surface area contributed by atoms with Gasteiger partial charge in [0.05, 0.1) is 0 Å². The second kappa shape index (κ2) is 3.76. The third-order valence-corrected chi connectivity index (χ3v) is 2.32. The van der Waals surface area contributed by atoms with Crippen LogP contribution in [0.25, 0.3) is 11.5 Å². The molecule has 90 valence electrons. The third kappa shape index (κ3) is 2.38. The lowest BCUT2D eigenvalue weighted by atomic mass is 9.96. The van der Waals surface area contributed by atoms with Crippen molar-refractivity contribution in [2.75, 3.05) is 11.5 Å². The van der Waals surface area contributed by atoms with E-state index < -0.39 is 0 Å². The van der Waals surface area contributed by atoms with E-state index in [0.29, 0.717) is 23.1 Å². The molecule has 2 rings (SSSR count). The summed E-state index contributed by atoms with van der Waals surface area (Å²) in [4.78, 5) is 4.35. The van der Waals surface area contributed by atoms with Gasteiger partial charge in [-0.25, -0.2) is 0 Å². The van der Waals surface area contributed by atoms with Crippen LogP contribution in [0.2, 0.25) is 0 Å². The summed E-state index contributed by atoms with van der Waals surface area (Å²) in [6, 6.07) is 5.21. The Labute approximate surface area is 99.8 Å². The molecule has 0 spiro atoms. The molecule has 0 amide bonds. The van der Waals surface area contributed by atoms with Gasteiger partial charge in [-0.15, -0.1) is 0 Å². The second-order valence-corrected chi connectivity index (χ2v) is 5.06. The normalized spacial score (nSPS) is 11.7. The van der Waals surface area contributed by atoms with Gasteiger partial charge in [0.15, 0.2) is 5.82 Å². The molecule has 0 unspecified atom stereocenters. The molecule has 0 radical (unpaired) electrons. The van der Waals surface area contributed by atoms with Crippen LogP contribution in [-0.2, 0) is 5.41 Å². The van der Waals surface area contributed by atoms with E-state index in [1.165, 1.54) is 0 Å². The van der Waals surface area contributed by atoms with Crippen molar-refractivity contribution in [2.24, 2.45) is 0 Å². The van der Waals surface area contributed by atoms with Crippen molar-refractivity contribution in [1.82, 2.24) is 10.1 Å². The van der Waals surface area contributed by atoms with Crippen LogP contribution in [0.1, 0.15) is 26.6 Å². The number of aromatic nitrogens is 2. The van der Waals surface area contributed by atoms with Gasteiger partial charge in [-0.1, -0.05) is 25.9 Å². The predicted molar refractivity (Wildman–Crippen MR) is 67.3 cm³/mol. The maximum absolute atomic E-state index is 5.72. The lowest BCUT2D eigenvalue weighted by Gasteiger charge is -2.10. The van der Waals surface area contributed by atoms with Crippen LogP contribution in [0, 0.1) is 0 Å². The van der Waals surface area contributed by atoms with E-state index in [2.05, 4.69) is 10.1 Å². The lowest BCUT2D eigenvalue weighted by Crippen LogP contribution is -2.13. The Morgan fingerprint density at radius 1 is 1.06 bits per heavy atom. The fourth-order valence-corrected chi connectivity index (χ4v) is 1.45. The Morgan fingerprint density at radius 3 is 2.12 bits per heavy atom. The van der Waals surface area contributed by atoms with Crippen LogP contribution in [-0.4, -0.2) is 10.1 Å². The first-order valence-electron chi connectivity index (χ1n) is 5.37. The molecule has 1 aromatic carbocycles. The summed E-state index contributed by atoms with van der Waals surface area (Å²) in [5.74, 6) is 1.10. The fourth-order valence-electron chi connectivity index (χ4n) is 1.45. The smallest absolute Gasteiger partial charge is 0.258 e. The SMILES string of the molecule is CC(C)(C)c1noc(-c2cc(N)cc(N)c2)n1. The van der Waals surface area contributed by atoms with Crippen molar-refractivity contribution in [3.8, 4) is 11.5 Å². The number of nitrogens with zero attached hydrogens (tertiary/aromatic N) is 2. The maximum Gasteiger partial charge on any atom is 0.258 e. The molecule has 2 aromatic rings. The van der Waals surface area contributed by atoms with Crippen molar-refractivity contribution in [1.29, 1.82) is 0 Å². The molecular weight excluding hydrogens is 216 g/mol. The maximum atomic E-state index is 5.72. The van der Waals surface area contributed by atoms with E-state index in [4.69, 9.17) is 16.0 Å². The summed E-state index contributed by atoms with van der Waals surface area (Å²) in [6.07, 6.45) is 0. The van der Waals surface area contributed by atoms with E-state index in [1.54, 1.807) is 18.2 Å². The van der Waals surface area contributed by atoms with Gasteiger partial charge in [0.1, 0.15) is 0 Å². The van der Waals surface area contributed by atoms with Crippen LogP contribution in [0.3, 0.4) is 0 Å². The molecule has 0 aliphatic rings. The van der Waals surface area contributed by atoms with Crippen LogP contribution in [0.5, 0.6) is 0 Å². The zero-order chi connectivity index (χ0) is 12.6. The number of anilines is 2. The molecule has 0 aliphatic heterocycles. The molecule has 0 fully saturated rings. The van der Waals surface area contributed by atoms with E-state index >= 15 is 0 Å². The predicted octanol–water partition coefficient (Wildman–Crippen LogP) is 2.20. The molecule has 0 saturated carbocycles. The van der Waals surface area contributed by atoms with Crippen molar-refractivity contribution < 1.29 is 4.52 Å². The van der Waals surface area contributed by atoms with Gasteiger partial charge in [0.2, 0.25) is 0 Å². The summed E-state index contributed by atoms with van der Waals surface area (Å²) in [6.45, 7) is 6.07. The zero-order valence-electron chi connectivity index (χ0n) is 10.2. The molecule has 17 heavy (non-hydrogen) atoms. The number of nitrogen functional groups attached to an aromatic ring is 2. The van der Waals surface area contributed by atoms with Crippen LogP contribution in [0.4, 0.5) is 11.4 Å². The van der Waals surface area contributed by atoms with E-state index in [9.17, 15) is 0 Å². The second-order valence-electron chi connectivity index (χ2n) is 5.06. The van der Waals surface area contributed by atoms with Gasteiger partial charge in [-0.3, -0.25) is 0 Å². The molecule has 5 nitrogen and oxygen atoms in total. The minimum atomic E-state index is -0.145. The minimum absolute atomic E-state index is 0.145. The number of benzene rings is 1. The fraction of sp³-hybridized carbons (Fsp3) is 0.333. The number of hydrogen-bond acceptors (Lipinski definition) is 5. The standard InChI is InChI=1S/C12H16N4O/c1-12(2,3)11-15-10(17-16-11)7-4-8(13)6-9(14)5-7/h4-6H,13-14H2,1-3H3. The zero-order valence-corrected chi connectivity index (χ0v) is 10.2. The van der Waals surface area contributed by atoms with E-state index in [1.807, 2.05) is 20.8 Å². The van der Waals surface area contributed by atoms with Crippen LogP contribution >= 0.6 is 0 Å². The van der Waals surface area contributed by atoms with Crippen molar-refractivity contribution >= 4 is 11.4 Å². The lowest BCUT2D eigenvalue weighted by molar-refractivity contribution is 0.402. The van der Waals surface area contributed by atoms with Crippen molar-refractivity contribution in [3.05, 3.63) is 24.0 Å². The van der Waals surface area contributed by atoms with Crippen molar-refractivity contribution in [2.45, 2.75) is 26.2 Å². The van der Waals surface area contributed by atoms with Gasteiger partial charge < -0.3 is 16.0 Å². The highest BCUT2D eigenvalue weighted by atomic mass is 16.5. The van der Waals surface area contributed by atoms with Gasteiger partial charge in [0.25, 0.3) is 5.89 Å². The van der Waals surface area contributed by atoms with E-state index in [-0.39, 0.29) is 5.41 Å². The first-order valence-corrected chi connectivity index (χ1v) is 5.37. The van der Waals surface area contributed by atoms with Gasteiger partial charge in [-0.2, -0.15) is 4.98 Å². The van der Waals surface area contributed by atoms with Gasteiger partial charge >= 0.3 is 0 Å². The number of rotatable bonds is 1. The quantitative estimate of drug-likeness (QED) is 0.735. The van der Waals surface area contributed by atoms with Crippen molar-refractivity contribution in [3.63, 3.8) is 0 Å². The third-order valence-electron chi connectivity index (χ3n) is 2.32. The van der Waals surface area contributed by atoms with Crippen LogP contribution < -0.4 is 11.5 Å². The molecule has 0 bridgehead atoms. The molecule has 5 heteroatoms. The first-order chi connectivity index (χ1) is 7.86. The summed E-state index contributed by atoms with van der Waals surface area (Å²) in [5.41, 5.74) is 13.2. The largest absolute Gasteiger partial charge is 0.399 e. The Balaban J connectivity index is 2.44. The van der Waals surface area contributed by atoms with Crippen LogP contribution in [0.15, 0.2) is 22.7 Å². The molecule has 1 heterocycles. The molecule has 0 aliphatic carbocycles. The molecule has 1 aromatic heterocycles. The number of nitrogens with two attached hydrogens (primary N) is 2. The number of hydrogen-bond donors (Lipinski definition) is 2.